The molecule has 1 fully saturated rings. The molecule has 0 saturated carbocycles. The molecular weight excluding hydrogens is 358 g/mol. The normalized spacial score (nSPS) is 20.9. The molecule has 4 rings (SSSR count). The summed E-state index contributed by atoms with van der Waals surface area (Å²) in [5.74, 6) is 0. The van der Waals surface area contributed by atoms with Gasteiger partial charge < -0.3 is 15.5 Å². The van der Waals surface area contributed by atoms with E-state index in [0.717, 1.165) is 24.9 Å². The molecule has 1 aliphatic heterocycles. The molecule has 28 heavy (non-hydrogen) atoms. The fourth-order valence-electron chi connectivity index (χ4n) is 3.61. The number of rotatable bonds is 5. The number of fused-ring (bicyclic) bond motifs is 1. The minimum Gasteiger partial charge on any atom is -0.392 e. The Kier molecular flexibility index (Phi) is 5.43. The van der Waals surface area contributed by atoms with Gasteiger partial charge in [0.25, 0.3) is 5.56 Å². The molecule has 3 aromatic heterocycles. The first kappa shape index (κ1) is 18.7. The molecular formula is C20H23N5O3. The van der Waals surface area contributed by atoms with E-state index in [2.05, 4.69) is 20.3 Å². The summed E-state index contributed by atoms with van der Waals surface area (Å²) in [5, 5.41) is 23.7. The van der Waals surface area contributed by atoms with Crippen molar-refractivity contribution in [2.45, 2.75) is 44.1 Å². The van der Waals surface area contributed by atoms with Gasteiger partial charge in [-0.25, -0.2) is 9.97 Å². The lowest BCUT2D eigenvalue weighted by Gasteiger charge is -2.30. The molecule has 1 aliphatic rings. The Morgan fingerprint density at radius 3 is 3.00 bits per heavy atom. The molecule has 3 N–H and O–H groups in total. The van der Waals surface area contributed by atoms with Gasteiger partial charge in [0.15, 0.2) is 5.52 Å². The lowest BCUT2D eigenvalue weighted by Crippen LogP contribution is -2.47. The van der Waals surface area contributed by atoms with Crippen LogP contribution in [0.2, 0.25) is 0 Å². The maximum absolute atomic E-state index is 12.9. The van der Waals surface area contributed by atoms with Crippen LogP contribution in [0.3, 0.4) is 0 Å². The Balaban J connectivity index is 1.57. The lowest BCUT2D eigenvalue weighted by molar-refractivity contribution is 0.0539. The van der Waals surface area contributed by atoms with E-state index in [4.69, 9.17) is 0 Å². The molecule has 4 heterocycles. The highest BCUT2D eigenvalue weighted by Crippen LogP contribution is 2.18. The van der Waals surface area contributed by atoms with Crippen LogP contribution < -0.4 is 10.9 Å². The third-order valence-corrected chi connectivity index (χ3v) is 5.11. The highest BCUT2D eigenvalue weighted by Gasteiger charge is 2.25. The SMILES string of the molecule is O=c1c2nc(-c3cccnc3)ccc2ncn1C[C@@H](O)C[C@H]1NCCC[C@@H]1O. The Morgan fingerprint density at radius 2 is 2.21 bits per heavy atom. The Labute approximate surface area is 161 Å². The van der Waals surface area contributed by atoms with Crippen molar-refractivity contribution in [1.29, 1.82) is 0 Å². The largest absolute Gasteiger partial charge is 0.392 e. The molecule has 8 nitrogen and oxygen atoms in total. The summed E-state index contributed by atoms with van der Waals surface area (Å²) in [7, 11) is 0. The summed E-state index contributed by atoms with van der Waals surface area (Å²) < 4.78 is 1.38. The number of aliphatic hydroxyl groups excluding tert-OH is 2. The molecule has 0 bridgehead atoms. The van der Waals surface area contributed by atoms with Gasteiger partial charge in [-0.15, -0.1) is 0 Å². The van der Waals surface area contributed by atoms with E-state index >= 15 is 0 Å². The van der Waals surface area contributed by atoms with Crippen molar-refractivity contribution in [1.82, 2.24) is 24.8 Å². The zero-order valence-electron chi connectivity index (χ0n) is 15.4. The number of pyridine rings is 2. The molecule has 3 atom stereocenters. The van der Waals surface area contributed by atoms with Crippen molar-refractivity contribution in [2.75, 3.05) is 6.54 Å². The number of aromatic nitrogens is 4. The molecule has 0 aromatic carbocycles. The first-order valence-electron chi connectivity index (χ1n) is 9.48. The summed E-state index contributed by atoms with van der Waals surface area (Å²) >= 11 is 0. The second kappa shape index (κ2) is 8.14. The van der Waals surface area contributed by atoms with E-state index in [1.807, 2.05) is 12.1 Å². The first-order valence-corrected chi connectivity index (χ1v) is 9.48. The van der Waals surface area contributed by atoms with Crippen LogP contribution in [0, 0.1) is 0 Å². The minimum absolute atomic E-state index is 0.103. The van der Waals surface area contributed by atoms with Crippen LogP contribution >= 0.6 is 0 Å². The van der Waals surface area contributed by atoms with Gasteiger partial charge in [0, 0.05) is 24.0 Å². The zero-order chi connectivity index (χ0) is 19.5. The Morgan fingerprint density at radius 1 is 1.32 bits per heavy atom. The molecule has 1 saturated heterocycles. The summed E-state index contributed by atoms with van der Waals surface area (Å²) in [6.07, 6.45) is 5.57. The van der Waals surface area contributed by atoms with Crippen molar-refractivity contribution in [3.05, 3.63) is 53.3 Å². The summed E-state index contributed by atoms with van der Waals surface area (Å²) in [6, 6.07) is 7.09. The van der Waals surface area contributed by atoms with Crippen molar-refractivity contribution < 1.29 is 10.2 Å². The maximum Gasteiger partial charge on any atom is 0.279 e. The predicted molar refractivity (Wildman–Crippen MR) is 105 cm³/mol. The fraction of sp³-hybridized carbons (Fsp3) is 0.400. The zero-order valence-corrected chi connectivity index (χ0v) is 15.4. The average molecular weight is 381 g/mol. The topological polar surface area (TPSA) is 113 Å². The van der Waals surface area contributed by atoms with Gasteiger partial charge >= 0.3 is 0 Å². The standard InChI is InChI=1S/C20H23N5O3/c26-14(9-17-18(27)4-2-8-22-17)11-25-12-23-16-6-5-15(24-19(16)20(25)28)13-3-1-7-21-10-13/h1,3,5-7,10,12,14,17-18,22,26-27H,2,4,8-9,11H2/t14-,17+,18-/m0/s1. The van der Waals surface area contributed by atoms with Crippen molar-refractivity contribution in [3.63, 3.8) is 0 Å². The van der Waals surface area contributed by atoms with Crippen molar-refractivity contribution in [3.8, 4) is 11.3 Å². The van der Waals surface area contributed by atoms with E-state index in [9.17, 15) is 15.0 Å². The van der Waals surface area contributed by atoms with Crippen molar-refractivity contribution >= 4 is 11.0 Å². The highest BCUT2D eigenvalue weighted by molar-refractivity contribution is 5.76. The van der Waals surface area contributed by atoms with Gasteiger partial charge in [-0.1, -0.05) is 0 Å². The van der Waals surface area contributed by atoms with Crippen LogP contribution in [0.4, 0.5) is 0 Å². The van der Waals surface area contributed by atoms with E-state index < -0.39 is 12.2 Å². The number of aliphatic hydroxyl groups is 2. The molecule has 3 aromatic rings. The average Bonchev–Trinajstić information content (AvgIpc) is 2.72. The van der Waals surface area contributed by atoms with Gasteiger partial charge in [-0.3, -0.25) is 14.3 Å². The van der Waals surface area contributed by atoms with Crippen LogP contribution in [0.25, 0.3) is 22.3 Å². The lowest BCUT2D eigenvalue weighted by atomic mass is 9.96. The molecule has 146 valence electrons. The van der Waals surface area contributed by atoms with Gasteiger partial charge in [0.05, 0.1) is 36.3 Å². The molecule has 0 radical (unpaired) electrons. The third-order valence-electron chi connectivity index (χ3n) is 5.11. The van der Waals surface area contributed by atoms with Gasteiger partial charge in [-0.2, -0.15) is 0 Å². The van der Waals surface area contributed by atoms with Gasteiger partial charge in [-0.05, 0) is 50.1 Å². The Hall–Kier alpha value is -2.68. The highest BCUT2D eigenvalue weighted by atomic mass is 16.3. The number of hydrogen-bond acceptors (Lipinski definition) is 7. The first-order chi connectivity index (χ1) is 13.6. The number of hydrogen-bond donors (Lipinski definition) is 3. The smallest absolute Gasteiger partial charge is 0.279 e. The maximum atomic E-state index is 12.9. The molecule has 0 unspecified atom stereocenters. The molecule has 0 aliphatic carbocycles. The summed E-state index contributed by atoms with van der Waals surface area (Å²) in [5.41, 5.74) is 1.93. The van der Waals surface area contributed by atoms with Gasteiger partial charge in [0.2, 0.25) is 0 Å². The molecule has 0 spiro atoms. The molecule has 0 amide bonds. The van der Waals surface area contributed by atoms with E-state index in [1.54, 1.807) is 24.5 Å². The Bertz CT molecular complexity index is 1010. The quantitative estimate of drug-likeness (QED) is 0.597. The summed E-state index contributed by atoms with van der Waals surface area (Å²) in [4.78, 5) is 25.7. The summed E-state index contributed by atoms with van der Waals surface area (Å²) in [6.45, 7) is 0.929. The monoisotopic (exact) mass is 381 g/mol. The van der Waals surface area contributed by atoms with Crippen LogP contribution in [-0.2, 0) is 6.54 Å². The number of nitrogens with one attached hydrogen (secondary N) is 1. The predicted octanol–water partition coefficient (Wildman–Crippen LogP) is 0.717. The van der Waals surface area contributed by atoms with Crippen LogP contribution in [0.15, 0.2) is 47.8 Å². The minimum atomic E-state index is -0.774. The van der Waals surface area contributed by atoms with E-state index in [0.29, 0.717) is 17.6 Å². The number of nitrogens with zero attached hydrogens (tertiary/aromatic N) is 4. The van der Waals surface area contributed by atoms with Crippen LogP contribution in [-0.4, -0.2) is 54.5 Å². The van der Waals surface area contributed by atoms with Crippen molar-refractivity contribution in [2.24, 2.45) is 0 Å². The molecule has 8 heteroatoms. The second-order valence-electron chi connectivity index (χ2n) is 7.17. The van der Waals surface area contributed by atoms with Crippen LogP contribution in [0.1, 0.15) is 19.3 Å². The fourth-order valence-corrected chi connectivity index (χ4v) is 3.61. The van der Waals surface area contributed by atoms with E-state index in [-0.39, 0.29) is 23.7 Å². The second-order valence-corrected chi connectivity index (χ2v) is 7.17. The van der Waals surface area contributed by atoms with Crippen LogP contribution in [0.5, 0.6) is 0 Å². The van der Waals surface area contributed by atoms with E-state index in [1.165, 1.54) is 10.9 Å². The third kappa shape index (κ3) is 3.94. The number of piperidine rings is 1. The van der Waals surface area contributed by atoms with Gasteiger partial charge in [0.1, 0.15) is 0 Å².